The van der Waals surface area contributed by atoms with Gasteiger partial charge in [0.05, 0.1) is 0 Å². The van der Waals surface area contributed by atoms with E-state index in [1.54, 1.807) is 0 Å². The number of aliphatic hydroxyl groups excluding tert-OH is 1. The maximum Gasteiger partial charge on any atom is 0.421 e. The molecule has 0 unspecified atom stereocenters. The Balaban J connectivity index is 2.78. The fourth-order valence-corrected chi connectivity index (χ4v) is 0.502. The van der Waals surface area contributed by atoms with Crippen LogP contribution in [0.2, 0.25) is 0 Å². The highest BCUT2D eigenvalue weighted by atomic mass is 19.4. The molecule has 0 aliphatic rings. The first-order chi connectivity index (χ1) is 5.02. The Bertz CT molecular complexity index is 219. The second kappa shape index (κ2) is 2.50. The minimum atomic E-state index is -4.69. The molecule has 2 N–H and O–H groups in total. The van der Waals surface area contributed by atoms with Crippen LogP contribution in [0, 0.1) is 0 Å². The van der Waals surface area contributed by atoms with Crippen molar-refractivity contribution in [3.63, 3.8) is 0 Å². The Morgan fingerprint density at radius 1 is 1.55 bits per heavy atom. The zero-order valence-electron chi connectivity index (χ0n) is 5.13. The van der Waals surface area contributed by atoms with Gasteiger partial charge in [-0.3, -0.25) is 5.10 Å². The smallest absolute Gasteiger partial charge is 0.377 e. The van der Waals surface area contributed by atoms with Crippen molar-refractivity contribution in [2.24, 2.45) is 0 Å². The summed E-state index contributed by atoms with van der Waals surface area (Å²) >= 11 is 0. The van der Waals surface area contributed by atoms with Gasteiger partial charge >= 0.3 is 6.18 Å². The van der Waals surface area contributed by atoms with E-state index in [2.05, 4.69) is 10.1 Å². The minimum absolute atomic E-state index is 0.600. The van der Waals surface area contributed by atoms with E-state index in [1.807, 2.05) is 5.10 Å². The summed E-state index contributed by atoms with van der Waals surface area (Å²) in [6.07, 6.45) is -6.38. The van der Waals surface area contributed by atoms with Gasteiger partial charge in [-0.25, -0.2) is 4.98 Å². The van der Waals surface area contributed by atoms with Crippen LogP contribution in [0.25, 0.3) is 0 Å². The van der Waals surface area contributed by atoms with Gasteiger partial charge < -0.3 is 5.11 Å². The quantitative estimate of drug-likeness (QED) is 0.636. The molecule has 0 aliphatic carbocycles. The van der Waals surface area contributed by atoms with Crippen LogP contribution in [0.5, 0.6) is 0 Å². The number of nitrogens with zero attached hydrogens (tertiary/aromatic N) is 2. The average Bonchev–Trinajstić information content (AvgIpc) is 2.34. The lowest BCUT2D eigenvalue weighted by Crippen LogP contribution is -2.21. The van der Waals surface area contributed by atoms with Gasteiger partial charge in [0.1, 0.15) is 6.33 Å². The molecule has 7 heteroatoms. The number of aliphatic hydroxyl groups is 1. The summed E-state index contributed by atoms with van der Waals surface area (Å²) in [4.78, 5) is 3.15. The van der Waals surface area contributed by atoms with Crippen molar-refractivity contribution in [2.45, 2.75) is 12.3 Å². The molecular formula is C4H4F3N3O. The van der Waals surface area contributed by atoms with Gasteiger partial charge in [-0.1, -0.05) is 0 Å². The van der Waals surface area contributed by atoms with Crippen molar-refractivity contribution in [1.82, 2.24) is 15.2 Å². The summed E-state index contributed by atoms with van der Waals surface area (Å²) in [5, 5.41) is 13.6. The number of rotatable bonds is 1. The molecule has 0 saturated heterocycles. The topological polar surface area (TPSA) is 61.8 Å². The summed E-state index contributed by atoms with van der Waals surface area (Å²) in [6.45, 7) is 0. The van der Waals surface area contributed by atoms with Crippen molar-refractivity contribution in [2.75, 3.05) is 0 Å². The Morgan fingerprint density at radius 2 is 2.18 bits per heavy atom. The number of hydrogen-bond donors (Lipinski definition) is 2. The molecule has 0 bridgehead atoms. The first-order valence-electron chi connectivity index (χ1n) is 2.62. The molecule has 0 aromatic carbocycles. The zero-order chi connectivity index (χ0) is 8.48. The van der Waals surface area contributed by atoms with E-state index < -0.39 is 18.1 Å². The molecule has 0 aliphatic heterocycles. The van der Waals surface area contributed by atoms with Crippen LogP contribution in [0.15, 0.2) is 6.33 Å². The molecule has 0 amide bonds. The lowest BCUT2D eigenvalue weighted by molar-refractivity contribution is -0.209. The Morgan fingerprint density at radius 3 is 2.55 bits per heavy atom. The predicted molar refractivity (Wildman–Crippen MR) is 27.4 cm³/mol. The van der Waals surface area contributed by atoms with Gasteiger partial charge in [0, 0.05) is 0 Å². The molecule has 11 heavy (non-hydrogen) atoms. The molecule has 0 spiro atoms. The monoisotopic (exact) mass is 167 g/mol. The van der Waals surface area contributed by atoms with Crippen LogP contribution >= 0.6 is 0 Å². The van der Waals surface area contributed by atoms with Crippen LogP contribution < -0.4 is 0 Å². The van der Waals surface area contributed by atoms with Crippen molar-refractivity contribution >= 4 is 0 Å². The molecule has 1 heterocycles. The molecule has 1 aromatic rings. The molecule has 1 atom stereocenters. The predicted octanol–water partition coefficient (Wildman–Crippen LogP) is 0.400. The van der Waals surface area contributed by atoms with Crippen LogP contribution in [-0.4, -0.2) is 26.5 Å². The van der Waals surface area contributed by atoms with Gasteiger partial charge in [0.15, 0.2) is 5.82 Å². The van der Waals surface area contributed by atoms with E-state index in [9.17, 15) is 13.2 Å². The lowest BCUT2D eigenvalue weighted by atomic mass is 10.3. The number of aromatic nitrogens is 3. The molecule has 0 fully saturated rings. The van der Waals surface area contributed by atoms with Crippen molar-refractivity contribution in [3.05, 3.63) is 12.2 Å². The Kier molecular flexibility index (Phi) is 1.81. The van der Waals surface area contributed by atoms with Crippen LogP contribution in [0.3, 0.4) is 0 Å². The number of aromatic amines is 1. The third-order valence-corrected chi connectivity index (χ3v) is 1.00. The molecule has 4 nitrogen and oxygen atoms in total. The van der Waals surface area contributed by atoms with E-state index in [0.29, 0.717) is 0 Å². The van der Waals surface area contributed by atoms with Crippen molar-refractivity contribution in [3.8, 4) is 0 Å². The largest absolute Gasteiger partial charge is 0.421 e. The number of H-pyrrole nitrogens is 1. The molecular weight excluding hydrogens is 163 g/mol. The highest BCUT2D eigenvalue weighted by Crippen LogP contribution is 2.29. The second-order valence-electron chi connectivity index (χ2n) is 1.81. The maximum atomic E-state index is 11.7. The summed E-state index contributed by atoms with van der Waals surface area (Å²) in [5.41, 5.74) is 0. The lowest BCUT2D eigenvalue weighted by Gasteiger charge is -2.10. The standard InChI is InChI=1S/C4H4F3N3O/c5-4(6,7)2(11)3-8-1-9-10-3/h1-2,11H,(H,8,9,10)/t2-/m1/s1. The number of halogens is 3. The fraction of sp³-hybridized carbons (Fsp3) is 0.500. The summed E-state index contributed by atoms with van der Waals surface area (Å²) in [6, 6.07) is 0. The third kappa shape index (κ3) is 1.67. The van der Waals surface area contributed by atoms with Crippen molar-refractivity contribution in [1.29, 1.82) is 0 Å². The number of nitrogens with one attached hydrogen (secondary N) is 1. The molecule has 0 saturated carbocycles. The van der Waals surface area contributed by atoms with Gasteiger partial charge in [-0.2, -0.15) is 18.3 Å². The van der Waals surface area contributed by atoms with Gasteiger partial charge in [0.2, 0.25) is 6.10 Å². The summed E-state index contributed by atoms with van der Waals surface area (Å²) < 4.78 is 35.0. The molecule has 0 radical (unpaired) electrons. The SMILES string of the molecule is O[C@H](c1ncn[nH]1)C(F)(F)F. The second-order valence-corrected chi connectivity index (χ2v) is 1.81. The third-order valence-electron chi connectivity index (χ3n) is 1.00. The molecule has 1 rings (SSSR count). The van der Waals surface area contributed by atoms with Crippen LogP contribution in [-0.2, 0) is 0 Å². The Labute approximate surface area is 59.1 Å². The van der Waals surface area contributed by atoms with Crippen molar-refractivity contribution < 1.29 is 18.3 Å². The van der Waals surface area contributed by atoms with E-state index >= 15 is 0 Å². The summed E-state index contributed by atoms with van der Waals surface area (Å²) in [5.74, 6) is -0.600. The zero-order valence-corrected chi connectivity index (χ0v) is 5.13. The van der Waals surface area contributed by atoms with Gasteiger partial charge in [-0.05, 0) is 0 Å². The highest BCUT2D eigenvalue weighted by molar-refractivity contribution is 4.89. The first kappa shape index (κ1) is 7.99. The summed E-state index contributed by atoms with van der Waals surface area (Å²) in [7, 11) is 0. The van der Waals surface area contributed by atoms with Crippen LogP contribution in [0.1, 0.15) is 11.9 Å². The normalized spacial score (nSPS) is 14.9. The van der Waals surface area contributed by atoms with E-state index in [-0.39, 0.29) is 0 Å². The fourth-order valence-electron chi connectivity index (χ4n) is 0.502. The van der Waals surface area contributed by atoms with Gasteiger partial charge in [-0.15, -0.1) is 0 Å². The maximum absolute atomic E-state index is 11.7. The number of alkyl halides is 3. The Hall–Kier alpha value is -1.11. The van der Waals surface area contributed by atoms with E-state index in [4.69, 9.17) is 5.11 Å². The minimum Gasteiger partial charge on any atom is -0.377 e. The van der Waals surface area contributed by atoms with Gasteiger partial charge in [0.25, 0.3) is 0 Å². The molecule has 62 valence electrons. The van der Waals surface area contributed by atoms with E-state index in [1.165, 1.54) is 0 Å². The average molecular weight is 167 g/mol. The highest BCUT2D eigenvalue weighted by Gasteiger charge is 2.41. The first-order valence-corrected chi connectivity index (χ1v) is 2.62. The van der Waals surface area contributed by atoms with Crippen LogP contribution in [0.4, 0.5) is 13.2 Å². The molecule has 1 aromatic heterocycles. The van der Waals surface area contributed by atoms with E-state index in [0.717, 1.165) is 6.33 Å². The number of hydrogen-bond acceptors (Lipinski definition) is 3.